The van der Waals surface area contributed by atoms with Crippen molar-refractivity contribution in [2.45, 2.75) is 4.90 Å². The van der Waals surface area contributed by atoms with Gasteiger partial charge in [0.1, 0.15) is 12.7 Å². The second kappa shape index (κ2) is 6.98. The Morgan fingerprint density at radius 1 is 1.16 bits per heavy atom. The topological polar surface area (TPSA) is 63.1 Å². The molecule has 2 aromatic carbocycles. The predicted molar refractivity (Wildman–Crippen MR) is 99.4 cm³/mol. The van der Waals surface area contributed by atoms with Crippen LogP contribution in [0.25, 0.3) is 5.69 Å². The minimum absolute atomic E-state index is 0.0769. The van der Waals surface area contributed by atoms with Crippen LogP contribution in [0.1, 0.15) is 0 Å². The van der Waals surface area contributed by atoms with Crippen molar-refractivity contribution in [1.82, 2.24) is 14.8 Å². The first kappa shape index (κ1) is 15.7. The Kier molecular flexibility index (Phi) is 4.39. The van der Waals surface area contributed by atoms with Gasteiger partial charge in [-0.25, -0.2) is 9.67 Å². The molecule has 0 saturated heterocycles. The second-order valence-corrected chi connectivity index (χ2v) is 6.74. The lowest BCUT2D eigenvalue weighted by molar-refractivity contribution is -0.117. The molecule has 2 heterocycles. The number of hydrogen-bond acceptors (Lipinski definition) is 5. The summed E-state index contributed by atoms with van der Waals surface area (Å²) in [4.78, 5) is 19.6. The maximum atomic E-state index is 12.6. The molecule has 6 nitrogen and oxygen atoms in total. The van der Waals surface area contributed by atoms with E-state index in [4.69, 9.17) is 0 Å². The van der Waals surface area contributed by atoms with Gasteiger partial charge in [0.25, 0.3) is 0 Å². The van der Waals surface area contributed by atoms with E-state index >= 15 is 0 Å². The van der Waals surface area contributed by atoms with Crippen molar-refractivity contribution in [3.63, 3.8) is 0 Å². The molecule has 4 rings (SSSR count). The predicted octanol–water partition coefficient (Wildman–Crippen LogP) is 2.82. The van der Waals surface area contributed by atoms with Gasteiger partial charge in [-0.05, 0) is 36.4 Å². The molecule has 1 amide bonds. The van der Waals surface area contributed by atoms with Gasteiger partial charge in [-0.3, -0.25) is 4.79 Å². The van der Waals surface area contributed by atoms with E-state index in [1.165, 1.54) is 11.2 Å². The molecule has 0 radical (unpaired) electrons. The number of carbonyl (C=O) groups is 1. The van der Waals surface area contributed by atoms with E-state index in [0.717, 1.165) is 29.4 Å². The molecule has 0 atom stereocenters. The summed E-state index contributed by atoms with van der Waals surface area (Å²) in [5.74, 6) is 1.00. The molecule has 1 N–H and O–H groups in total. The zero-order chi connectivity index (χ0) is 17.1. The number of amides is 1. The third-order valence-electron chi connectivity index (χ3n) is 4.02. The molecule has 1 aliphatic heterocycles. The lowest BCUT2D eigenvalue weighted by Crippen LogP contribution is -2.39. The summed E-state index contributed by atoms with van der Waals surface area (Å²) < 4.78 is 1.69. The van der Waals surface area contributed by atoms with E-state index in [1.807, 2.05) is 47.4 Å². The van der Waals surface area contributed by atoms with Crippen LogP contribution in [0.15, 0.2) is 66.1 Å². The highest BCUT2D eigenvalue weighted by Crippen LogP contribution is 2.34. The lowest BCUT2D eigenvalue weighted by atomic mass is 10.2. The van der Waals surface area contributed by atoms with Crippen molar-refractivity contribution in [2.24, 2.45) is 0 Å². The van der Waals surface area contributed by atoms with Gasteiger partial charge in [-0.1, -0.05) is 12.1 Å². The Morgan fingerprint density at radius 3 is 2.80 bits per heavy atom. The summed E-state index contributed by atoms with van der Waals surface area (Å²) in [6.45, 7) is 1.01. The molecular weight excluding hydrogens is 334 g/mol. The number of benzene rings is 2. The van der Waals surface area contributed by atoms with Gasteiger partial charge in [0.2, 0.25) is 5.91 Å². The third-order valence-corrected chi connectivity index (χ3v) is 5.07. The molecule has 0 bridgehead atoms. The fourth-order valence-corrected chi connectivity index (χ4v) is 3.77. The highest BCUT2D eigenvalue weighted by molar-refractivity contribution is 7.99. The summed E-state index contributed by atoms with van der Waals surface area (Å²) >= 11 is 1.80. The van der Waals surface area contributed by atoms with E-state index in [1.54, 1.807) is 22.8 Å². The van der Waals surface area contributed by atoms with E-state index in [9.17, 15) is 4.79 Å². The molecule has 1 aromatic heterocycles. The SMILES string of the molecule is O=C(CNc1ccc(-n2cncn2)cc1)N1CCSc2ccccc21. The van der Waals surface area contributed by atoms with E-state index in [-0.39, 0.29) is 12.5 Å². The monoisotopic (exact) mass is 351 g/mol. The number of carbonyl (C=O) groups excluding carboxylic acids is 1. The third kappa shape index (κ3) is 3.36. The lowest BCUT2D eigenvalue weighted by Gasteiger charge is -2.29. The number of fused-ring (bicyclic) bond motifs is 1. The normalized spacial score (nSPS) is 13.4. The van der Waals surface area contributed by atoms with Crippen molar-refractivity contribution in [2.75, 3.05) is 29.1 Å². The van der Waals surface area contributed by atoms with Gasteiger partial charge < -0.3 is 10.2 Å². The van der Waals surface area contributed by atoms with Gasteiger partial charge in [-0.15, -0.1) is 11.8 Å². The number of nitrogens with one attached hydrogen (secondary N) is 1. The zero-order valence-corrected chi connectivity index (χ0v) is 14.3. The van der Waals surface area contributed by atoms with Gasteiger partial charge in [0.15, 0.2) is 0 Å². The number of hydrogen-bond donors (Lipinski definition) is 1. The molecule has 0 saturated carbocycles. The molecule has 0 unspecified atom stereocenters. The fraction of sp³-hybridized carbons (Fsp3) is 0.167. The summed E-state index contributed by atoms with van der Waals surface area (Å²) in [5, 5.41) is 7.30. The Labute approximate surface area is 149 Å². The molecule has 25 heavy (non-hydrogen) atoms. The zero-order valence-electron chi connectivity index (χ0n) is 13.5. The first-order valence-electron chi connectivity index (χ1n) is 8.02. The first-order chi connectivity index (χ1) is 12.3. The summed E-state index contributed by atoms with van der Waals surface area (Å²) in [6, 6.07) is 15.8. The van der Waals surface area contributed by atoms with Crippen LogP contribution in [0.5, 0.6) is 0 Å². The van der Waals surface area contributed by atoms with E-state index < -0.39 is 0 Å². The average Bonchev–Trinajstić information content (AvgIpc) is 3.21. The van der Waals surface area contributed by atoms with E-state index in [2.05, 4.69) is 21.5 Å². The van der Waals surface area contributed by atoms with Crippen molar-refractivity contribution in [1.29, 1.82) is 0 Å². The molecule has 0 aliphatic carbocycles. The standard InChI is InChI=1S/C18H17N5OS/c24-18(22-9-10-25-17-4-2-1-3-16(17)22)11-20-14-5-7-15(8-6-14)23-13-19-12-21-23/h1-8,12-13,20H,9-11H2. The van der Waals surface area contributed by atoms with Crippen molar-refractivity contribution < 1.29 is 4.79 Å². The summed E-state index contributed by atoms with van der Waals surface area (Å²) in [7, 11) is 0. The van der Waals surface area contributed by atoms with Crippen LogP contribution < -0.4 is 10.2 Å². The number of nitrogens with zero attached hydrogens (tertiary/aromatic N) is 4. The molecule has 0 fully saturated rings. The van der Waals surface area contributed by atoms with Crippen molar-refractivity contribution >= 4 is 29.0 Å². The number of thioether (sulfide) groups is 1. The Hall–Kier alpha value is -2.80. The van der Waals surface area contributed by atoms with Crippen molar-refractivity contribution in [3.8, 4) is 5.69 Å². The quantitative estimate of drug-likeness (QED) is 0.783. The first-order valence-corrected chi connectivity index (χ1v) is 9.01. The molecule has 1 aliphatic rings. The van der Waals surface area contributed by atoms with Crippen LogP contribution in [0.3, 0.4) is 0 Å². The smallest absolute Gasteiger partial charge is 0.246 e. The average molecular weight is 351 g/mol. The molecule has 126 valence electrons. The maximum Gasteiger partial charge on any atom is 0.246 e. The van der Waals surface area contributed by atoms with Crippen LogP contribution >= 0.6 is 11.8 Å². The summed E-state index contributed by atoms with van der Waals surface area (Å²) in [6.07, 6.45) is 3.15. The molecule has 3 aromatic rings. The highest BCUT2D eigenvalue weighted by atomic mass is 32.2. The van der Waals surface area contributed by atoms with Crippen LogP contribution in [-0.4, -0.2) is 39.5 Å². The Morgan fingerprint density at radius 2 is 2.00 bits per heavy atom. The van der Waals surface area contributed by atoms with Crippen LogP contribution in [-0.2, 0) is 4.79 Å². The molecule has 0 spiro atoms. The molecular formula is C18H17N5OS. The Balaban J connectivity index is 1.41. The van der Waals surface area contributed by atoms with Gasteiger partial charge >= 0.3 is 0 Å². The van der Waals surface area contributed by atoms with Crippen LogP contribution in [0.4, 0.5) is 11.4 Å². The van der Waals surface area contributed by atoms with E-state index in [0.29, 0.717) is 0 Å². The van der Waals surface area contributed by atoms with Gasteiger partial charge in [-0.2, -0.15) is 5.10 Å². The van der Waals surface area contributed by atoms with Gasteiger partial charge in [0, 0.05) is 22.9 Å². The highest BCUT2D eigenvalue weighted by Gasteiger charge is 2.22. The van der Waals surface area contributed by atoms with Crippen molar-refractivity contribution in [3.05, 3.63) is 61.2 Å². The number of anilines is 2. The summed E-state index contributed by atoms with van der Waals surface area (Å²) in [5.41, 5.74) is 2.83. The number of para-hydroxylation sites is 1. The number of rotatable bonds is 4. The molecule has 7 heteroatoms. The van der Waals surface area contributed by atoms with Gasteiger partial charge in [0.05, 0.1) is 17.9 Å². The largest absolute Gasteiger partial charge is 0.376 e. The minimum atomic E-state index is 0.0769. The van der Waals surface area contributed by atoms with Crippen LogP contribution in [0, 0.1) is 0 Å². The fourth-order valence-electron chi connectivity index (χ4n) is 2.78. The second-order valence-electron chi connectivity index (χ2n) is 5.60. The maximum absolute atomic E-state index is 12.6. The minimum Gasteiger partial charge on any atom is -0.376 e. The van der Waals surface area contributed by atoms with Crippen LogP contribution in [0.2, 0.25) is 0 Å². The Bertz CT molecular complexity index is 863. The number of aromatic nitrogens is 3.